The minimum absolute atomic E-state index is 0.161. The summed E-state index contributed by atoms with van der Waals surface area (Å²) in [5.74, 6) is 0. The van der Waals surface area contributed by atoms with Crippen LogP contribution in [0.15, 0.2) is 16.6 Å². The summed E-state index contributed by atoms with van der Waals surface area (Å²) in [7, 11) is 0. The van der Waals surface area contributed by atoms with Gasteiger partial charge in [0.2, 0.25) is 0 Å². The fourth-order valence-corrected chi connectivity index (χ4v) is 2.75. The van der Waals surface area contributed by atoms with E-state index in [2.05, 4.69) is 33.1 Å². The summed E-state index contributed by atoms with van der Waals surface area (Å²) in [5, 5.41) is 14.1. The summed E-state index contributed by atoms with van der Waals surface area (Å²) in [4.78, 5) is 12.8. The van der Waals surface area contributed by atoms with E-state index in [0.29, 0.717) is 11.6 Å². The average Bonchev–Trinajstić information content (AvgIpc) is 2.25. The van der Waals surface area contributed by atoms with Crippen LogP contribution in [0.1, 0.15) is 12.5 Å². The molecule has 0 atom stereocenters. The molecule has 6 heteroatoms. The van der Waals surface area contributed by atoms with Gasteiger partial charge in [0.1, 0.15) is 0 Å². The van der Waals surface area contributed by atoms with Crippen LogP contribution in [-0.2, 0) is 0 Å². The van der Waals surface area contributed by atoms with Gasteiger partial charge in [-0.15, -0.1) is 0 Å². The number of hydrogen-bond acceptors (Lipinski definition) is 4. The smallest absolute Gasteiger partial charge is 0.273 e. The van der Waals surface area contributed by atoms with Crippen molar-refractivity contribution >= 4 is 27.3 Å². The predicted molar refractivity (Wildman–Crippen MR) is 75.2 cm³/mol. The van der Waals surface area contributed by atoms with Crippen molar-refractivity contribution in [2.24, 2.45) is 0 Å². The Labute approximate surface area is 114 Å². The van der Waals surface area contributed by atoms with Gasteiger partial charge in [0.15, 0.2) is 0 Å². The normalized spacial score (nSPS) is 15.3. The number of nitrogens with one attached hydrogen (secondary N) is 1. The van der Waals surface area contributed by atoms with Gasteiger partial charge in [0.05, 0.1) is 16.7 Å². The molecule has 1 aliphatic rings. The molecule has 0 aromatic heterocycles. The summed E-state index contributed by atoms with van der Waals surface area (Å²) in [6.07, 6.45) is 0. The SMILES string of the molecule is CCN(c1cc(C)c([N+](=O)[O-])cc1Br)C1CNC1. The first kappa shape index (κ1) is 13.3. The van der Waals surface area contributed by atoms with Crippen LogP contribution in [0, 0.1) is 17.0 Å². The molecule has 1 aromatic rings. The molecule has 1 aliphatic heterocycles. The average molecular weight is 314 g/mol. The highest BCUT2D eigenvalue weighted by Gasteiger charge is 2.26. The van der Waals surface area contributed by atoms with Crippen molar-refractivity contribution in [3.8, 4) is 0 Å². The maximum atomic E-state index is 10.9. The second kappa shape index (κ2) is 5.24. The number of likely N-dealkylation sites (N-methyl/N-ethyl adjacent to an activating group) is 1. The Bertz CT molecular complexity index is 475. The zero-order chi connectivity index (χ0) is 13.3. The van der Waals surface area contributed by atoms with Crippen molar-refractivity contribution in [2.45, 2.75) is 19.9 Å². The molecule has 18 heavy (non-hydrogen) atoms. The molecular formula is C12H16BrN3O2. The highest BCUT2D eigenvalue weighted by Crippen LogP contribution is 2.34. The van der Waals surface area contributed by atoms with E-state index in [-0.39, 0.29) is 10.6 Å². The third kappa shape index (κ3) is 2.35. The first-order chi connectivity index (χ1) is 8.54. The van der Waals surface area contributed by atoms with E-state index in [1.165, 1.54) is 0 Å². The highest BCUT2D eigenvalue weighted by molar-refractivity contribution is 9.10. The minimum atomic E-state index is -0.342. The van der Waals surface area contributed by atoms with Gasteiger partial charge >= 0.3 is 0 Å². The second-order valence-corrected chi connectivity index (χ2v) is 5.30. The number of rotatable bonds is 4. The summed E-state index contributed by atoms with van der Waals surface area (Å²) >= 11 is 3.45. The van der Waals surface area contributed by atoms with Crippen LogP contribution in [0.5, 0.6) is 0 Å². The highest BCUT2D eigenvalue weighted by atomic mass is 79.9. The molecule has 1 aromatic carbocycles. The molecule has 0 unspecified atom stereocenters. The van der Waals surface area contributed by atoms with Gasteiger partial charge in [-0.3, -0.25) is 10.1 Å². The lowest BCUT2D eigenvalue weighted by Gasteiger charge is -2.39. The van der Waals surface area contributed by atoms with Crippen molar-refractivity contribution in [1.82, 2.24) is 5.32 Å². The molecule has 0 radical (unpaired) electrons. The van der Waals surface area contributed by atoms with E-state index in [0.717, 1.165) is 29.8 Å². The van der Waals surface area contributed by atoms with Gasteiger partial charge in [0.25, 0.3) is 5.69 Å². The van der Waals surface area contributed by atoms with Crippen molar-refractivity contribution in [3.63, 3.8) is 0 Å². The van der Waals surface area contributed by atoms with E-state index in [1.54, 1.807) is 13.0 Å². The molecule has 1 saturated heterocycles. The monoisotopic (exact) mass is 313 g/mol. The molecule has 1 N–H and O–H groups in total. The molecule has 1 heterocycles. The molecule has 1 fully saturated rings. The van der Waals surface area contributed by atoms with Crippen LogP contribution in [0.25, 0.3) is 0 Å². The maximum absolute atomic E-state index is 10.9. The number of anilines is 1. The Kier molecular flexibility index (Phi) is 3.87. The third-order valence-corrected chi connectivity index (χ3v) is 3.95. The van der Waals surface area contributed by atoms with Crippen LogP contribution in [0.2, 0.25) is 0 Å². The molecule has 0 bridgehead atoms. The first-order valence-corrected chi connectivity index (χ1v) is 6.75. The summed E-state index contributed by atoms with van der Waals surface area (Å²) in [6, 6.07) is 3.97. The summed E-state index contributed by atoms with van der Waals surface area (Å²) in [6.45, 7) is 6.71. The first-order valence-electron chi connectivity index (χ1n) is 5.96. The zero-order valence-electron chi connectivity index (χ0n) is 10.4. The third-order valence-electron chi connectivity index (χ3n) is 3.31. The van der Waals surface area contributed by atoms with E-state index in [4.69, 9.17) is 0 Å². The molecule has 98 valence electrons. The fraction of sp³-hybridized carbons (Fsp3) is 0.500. The van der Waals surface area contributed by atoms with Crippen molar-refractivity contribution in [1.29, 1.82) is 0 Å². The molecule has 5 nitrogen and oxygen atoms in total. The summed E-state index contributed by atoms with van der Waals surface area (Å²) < 4.78 is 0.786. The van der Waals surface area contributed by atoms with Crippen molar-refractivity contribution in [2.75, 3.05) is 24.5 Å². The fourth-order valence-electron chi connectivity index (χ4n) is 2.19. The standard InChI is InChI=1S/C12H16BrN3O2/c1-3-15(9-6-14-7-9)12-4-8(2)11(16(17)18)5-10(12)13/h4-5,9,14H,3,6-7H2,1-2H3. The van der Waals surface area contributed by atoms with Crippen LogP contribution in [-0.4, -0.2) is 30.6 Å². The quantitative estimate of drug-likeness (QED) is 0.685. The number of benzene rings is 1. The summed E-state index contributed by atoms with van der Waals surface area (Å²) in [5.41, 5.74) is 1.89. The van der Waals surface area contributed by atoms with Crippen molar-refractivity contribution < 1.29 is 4.92 Å². The van der Waals surface area contributed by atoms with Crippen LogP contribution in [0.4, 0.5) is 11.4 Å². The van der Waals surface area contributed by atoms with Gasteiger partial charge in [-0.05, 0) is 35.8 Å². The Morgan fingerprint density at radius 1 is 1.56 bits per heavy atom. The van der Waals surface area contributed by atoms with E-state index < -0.39 is 0 Å². The number of nitro groups is 1. The lowest BCUT2D eigenvalue weighted by molar-refractivity contribution is -0.385. The number of nitro benzene ring substituents is 1. The topological polar surface area (TPSA) is 58.4 Å². The lowest BCUT2D eigenvalue weighted by atomic mass is 10.1. The molecule has 0 amide bonds. The number of aryl methyl sites for hydroxylation is 1. The molecular weight excluding hydrogens is 298 g/mol. The molecule has 0 spiro atoms. The minimum Gasteiger partial charge on any atom is -0.365 e. The van der Waals surface area contributed by atoms with Crippen LogP contribution in [0.3, 0.4) is 0 Å². The second-order valence-electron chi connectivity index (χ2n) is 4.45. The Hall–Kier alpha value is -1.14. The van der Waals surface area contributed by atoms with Gasteiger partial charge in [-0.1, -0.05) is 0 Å². The van der Waals surface area contributed by atoms with Gasteiger partial charge in [-0.25, -0.2) is 0 Å². The van der Waals surface area contributed by atoms with Crippen LogP contribution >= 0.6 is 15.9 Å². The number of halogens is 1. The zero-order valence-corrected chi connectivity index (χ0v) is 12.0. The van der Waals surface area contributed by atoms with Crippen LogP contribution < -0.4 is 10.2 Å². The number of nitrogens with zero attached hydrogens (tertiary/aromatic N) is 2. The predicted octanol–water partition coefficient (Wildman–Crippen LogP) is 2.46. The van der Waals surface area contributed by atoms with Gasteiger partial charge in [-0.2, -0.15) is 0 Å². The maximum Gasteiger partial charge on any atom is 0.273 e. The Balaban J connectivity index is 2.38. The van der Waals surface area contributed by atoms with Crippen molar-refractivity contribution in [3.05, 3.63) is 32.3 Å². The van der Waals surface area contributed by atoms with Gasteiger partial charge < -0.3 is 10.2 Å². The molecule has 0 aliphatic carbocycles. The Morgan fingerprint density at radius 3 is 2.67 bits per heavy atom. The Morgan fingerprint density at radius 2 is 2.22 bits per heavy atom. The molecule has 0 saturated carbocycles. The van der Waals surface area contributed by atoms with E-state index in [9.17, 15) is 10.1 Å². The molecule has 2 rings (SSSR count). The van der Waals surface area contributed by atoms with Gasteiger partial charge in [0, 0.05) is 35.7 Å². The number of hydrogen-bond donors (Lipinski definition) is 1. The van der Waals surface area contributed by atoms with E-state index >= 15 is 0 Å². The largest absolute Gasteiger partial charge is 0.365 e. The lowest BCUT2D eigenvalue weighted by Crippen LogP contribution is -2.57. The van der Waals surface area contributed by atoms with E-state index in [1.807, 2.05) is 6.07 Å².